The summed E-state index contributed by atoms with van der Waals surface area (Å²) in [5.74, 6) is 0.371. The highest BCUT2D eigenvalue weighted by molar-refractivity contribution is 5.56. The van der Waals surface area contributed by atoms with Crippen molar-refractivity contribution in [2.24, 2.45) is 10.2 Å². The van der Waals surface area contributed by atoms with Crippen molar-refractivity contribution in [3.8, 4) is 17.7 Å². The fourth-order valence-electron chi connectivity index (χ4n) is 2.34. The minimum Gasteiger partial charge on any atom is -0.497 e. The van der Waals surface area contributed by atoms with Crippen LogP contribution in [0, 0.1) is 18.3 Å². The smallest absolute Gasteiger partial charge is 0.281 e. The molecule has 25 heavy (non-hydrogen) atoms. The van der Waals surface area contributed by atoms with E-state index in [1.54, 1.807) is 38.3 Å². The Hall–Kier alpha value is -3.14. The van der Waals surface area contributed by atoms with Crippen molar-refractivity contribution < 1.29 is 9.84 Å². The van der Waals surface area contributed by atoms with Crippen LogP contribution in [0.1, 0.15) is 30.9 Å². The minimum absolute atomic E-state index is 0.0411. The molecule has 1 aromatic carbocycles. The Bertz CT molecular complexity index is 877. The number of methoxy groups -OCH3 is 1. The first kappa shape index (κ1) is 18.2. The fraction of sp³-hybridized carbons (Fsp3) is 0.333. The van der Waals surface area contributed by atoms with Crippen molar-refractivity contribution in [1.29, 1.82) is 5.26 Å². The van der Waals surface area contributed by atoms with Gasteiger partial charge >= 0.3 is 0 Å². The Morgan fingerprint density at radius 3 is 2.52 bits per heavy atom. The van der Waals surface area contributed by atoms with Crippen LogP contribution in [0.3, 0.4) is 0 Å². The first-order valence-corrected chi connectivity index (χ1v) is 7.95. The van der Waals surface area contributed by atoms with Crippen LogP contribution in [0.2, 0.25) is 0 Å². The lowest BCUT2D eigenvalue weighted by Crippen LogP contribution is -2.22. The monoisotopic (exact) mass is 340 g/mol. The summed E-state index contributed by atoms with van der Waals surface area (Å²) in [6, 6.07) is 8.82. The second kappa shape index (κ2) is 8.11. The van der Waals surface area contributed by atoms with Crippen LogP contribution < -0.4 is 10.3 Å². The number of hydrogen-bond donors (Lipinski definition) is 1. The maximum absolute atomic E-state index is 12.6. The van der Waals surface area contributed by atoms with E-state index >= 15 is 0 Å². The summed E-state index contributed by atoms with van der Waals surface area (Å²) in [6.07, 6.45) is 1.56. The van der Waals surface area contributed by atoms with E-state index in [1.165, 1.54) is 4.57 Å². The Kier molecular flexibility index (Phi) is 5.90. The van der Waals surface area contributed by atoms with Gasteiger partial charge in [0.15, 0.2) is 5.69 Å². The number of pyridine rings is 1. The van der Waals surface area contributed by atoms with E-state index in [1.807, 2.05) is 13.0 Å². The van der Waals surface area contributed by atoms with Crippen LogP contribution >= 0.6 is 0 Å². The van der Waals surface area contributed by atoms with Gasteiger partial charge in [-0.15, -0.1) is 5.11 Å². The summed E-state index contributed by atoms with van der Waals surface area (Å²) in [4.78, 5) is 12.6. The highest BCUT2D eigenvalue weighted by Gasteiger charge is 2.18. The largest absolute Gasteiger partial charge is 0.497 e. The zero-order valence-corrected chi connectivity index (χ0v) is 14.5. The molecule has 0 aliphatic carbocycles. The number of hydrogen-bond acceptors (Lipinski definition) is 6. The third kappa shape index (κ3) is 3.86. The molecule has 0 amide bonds. The van der Waals surface area contributed by atoms with E-state index in [2.05, 4.69) is 10.2 Å². The third-order valence-corrected chi connectivity index (χ3v) is 3.84. The SMILES string of the molecule is CCCCn1c(O)c(C#N)c(C)c(N=Nc2ccc(OC)cc2)c1=O. The fourth-order valence-corrected chi connectivity index (χ4v) is 2.34. The molecule has 0 saturated carbocycles. The Balaban J connectivity index is 2.50. The lowest BCUT2D eigenvalue weighted by atomic mass is 10.1. The average Bonchev–Trinajstić information content (AvgIpc) is 2.62. The van der Waals surface area contributed by atoms with Gasteiger partial charge in [0.2, 0.25) is 5.88 Å². The summed E-state index contributed by atoms with van der Waals surface area (Å²) in [7, 11) is 1.57. The standard InChI is InChI=1S/C18H20N4O3/c1-4-5-10-22-17(23)15(11-19)12(2)16(18(22)24)21-20-13-6-8-14(25-3)9-7-13/h6-9,23H,4-5,10H2,1-3H3. The molecule has 7 nitrogen and oxygen atoms in total. The zero-order valence-electron chi connectivity index (χ0n) is 14.5. The van der Waals surface area contributed by atoms with Gasteiger partial charge in [0.1, 0.15) is 17.4 Å². The lowest BCUT2D eigenvalue weighted by Gasteiger charge is -2.12. The average molecular weight is 340 g/mol. The maximum Gasteiger partial charge on any atom is 0.281 e. The Morgan fingerprint density at radius 2 is 1.96 bits per heavy atom. The Morgan fingerprint density at radius 1 is 1.28 bits per heavy atom. The van der Waals surface area contributed by atoms with Gasteiger partial charge in [0.25, 0.3) is 5.56 Å². The molecule has 1 N–H and O–H groups in total. The highest BCUT2D eigenvalue weighted by Crippen LogP contribution is 2.27. The number of nitriles is 1. The van der Waals surface area contributed by atoms with Crippen molar-refractivity contribution in [2.45, 2.75) is 33.2 Å². The summed E-state index contributed by atoms with van der Waals surface area (Å²) in [6.45, 7) is 3.87. The van der Waals surface area contributed by atoms with Crippen LogP contribution in [-0.2, 0) is 6.54 Å². The summed E-state index contributed by atoms with van der Waals surface area (Å²) in [5, 5.41) is 27.6. The molecule has 0 aliphatic rings. The van der Waals surface area contributed by atoms with Gasteiger partial charge in [-0.25, -0.2) is 0 Å². The second-order valence-electron chi connectivity index (χ2n) is 5.49. The summed E-state index contributed by atoms with van der Waals surface area (Å²) in [5.41, 5.74) is 0.502. The molecule has 2 aromatic rings. The normalized spacial score (nSPS) is 10.8. The molecule has 130 valence electrons. The predicted molar refractivity (Wildman–Crippen MR) is 93.9 cm³/mol. The van der Waals surface area contributed by atoms with Gasteiger partial charge < -0.3 is 9.84 Å². The highest BCUT2D eigenvalue weighted by atomic mass is 16.5. The quantitative estimate of drug-likeness (QED) is 0.804. The van der Waals surface area contributed by atoms with Crippen molar-refractivity contribution in [3.63, 3.8) is 0 Å². The maximum atomic E-state index is 12.6. The summed E-state index contributed by atoms with van der Waals surface area (Å²) < 4.78 is 6.26. The number of aromatic hydroxyl groups is 1. The first-order valence-electron chi connectivity index (χ1n) is 7.95. The van der Waals surface area contributed by atoms with Crippen molar-refractivity contribution in [3.05, 3.63) is 45.7 Å². The Labute approximate surface area is 145 Å². The van der Waals surface area contributed by atoms with Crippen LogP contribution in [0.5, 0.6) is 11.6 Å². The molecular weight excluding hydrogens is 320 g/mol. The van der Waals surface area contributed by atoms with E-state index < -0.39 is 5.56 Å². The van der Waals surface area contributed by atoms with Gasteiger partial charge in [0, 0.05) is 12.1 Å². The molecule has 0 radical (unpaired) electrons. The number of nitrogens with zero attached hydrogens (tertiary/aromatic N) is 4. The van der Waals surface area contributed by atoms with Gasteiger partial charge in [-0.2, -0.15) is 10.4 Å². The van der Waals surface area contributed by atoms with Gasteiger partial charge in [0.05, 0.1) is 12.8 Å². The van der Waals surface area contributed by atoms with Gasteiger partial charge in [-0.1, -0.05) is 13.3 Å². The molecule has 0 atom stereocenters. The molecule has 0 bridgehead atoms. The third-order valence-electron chi connectivity index (χ3n) is 3.84. The number of benzene rings is 1. The van der Waals surface area contributed by atoms with E-state index in [4.69, 9.17) is 4.74 Å². The molecule has 2 rings (SSSR count). The number of rotatable bonds is 6. The lowest BCUT2D eigenvalue weighted by molar-refractivity contribution is 0.399. The van der Waals surface area contributed by atoms with E-state index in [0.717, 1.165) is 6.42 Å². The van der Waals surface area contributed by atoms with Crippen molar-refractivity contribution in [1.82, 2.24) is 4.57 Å². The van der Waals surface area contributed by atoms with Gasteiger partial charge in [-0.05, 0) is 37.6 Å². The minimum atomic E-state index is -0.459. The van der Waals surface area contributed by atoms with E-state index in [0.29, 0.717) is 30.0 Å². The van der Waals surface area contributed by atoms with Crippen LogP contribution in [-0.4, -0.2) is 16.8 Å². The molecule has 1 heterocycles. The molecule has 0 spiro atoms. The number of ether oxygens (including phenoxy) is 1. The van der Waals surface area contributed by atoms with Crippen LogP contribution in [0.4, 0.5) is 11.4 Å². The van der Waals surface area contributed by atoms with E-state index in [9.17, 15) is 15.2 Å². The zero-order chi connectivity index (χ0) is 18.4. The molecule has 7 heteroatoms. The molecule has 0 saturated heterocycles. The molecular formula is C18H20N4O3. The molecule has 0 aliphatic heterocycles. The van der Waals surface area contributed by atoms with Crippen LogP contribution in [0.15, 0.2) is 39.3 Å². The molecule has 0 fully saturated rings. The number of aromatic nitrogens is 1. The topological polar surface area (TPSA) is 100.0 Å². The molecule has 1 aromatic heterocycles. The second-order valence-corrected chi connectivity index (χ2v) is 5.49. The number of azo groups is 1. The summed E-state index contributed by atoms with van der Waals surface area (Å²) >= 11 is 0. The van der Waals surface area contributed by atoms with Crippen molar-refractivity contribution >= 4 is 11.4 Å². The number of unbranched alkanes of at least 4 members (excludes halogenated alkanes) is 1. The van der Waals surface area contributed by atoms with Crippen molar-refractivity contribution in [2.75, 3.05) is 7.11 Å². The van der Waals surface area contributed by atoms with Crippen LogP contribution in [0.25, 0.3) is 0 Å². The van der Waals surface area contributed by atoms with Gasteiger partial charge in [-0.3, -0.25) is 9.36 Å². The van der Waals surface area contributed by atoms with E-state index in [-0.39, 0.29) is 17.1 Å². The first-order chi connectivity index (χ1) is 12.0. The predicted octanol–water partition coefficient (Wildman–Crippen LogP) is 3.96. The molecule has 0 unspecified atom stereocenters.